The molecule has 16 heavy (non-hydrogen) atoms. The van der Waals surface area contributed by atoms with Crippen molar-refractivity contribution in [2.75, 3.05) is 6.54 Å². The molecule has 2 heteroatoms. The van der Waals surface area contributed by atoms with Crippen molar-refractivity contribution >= 4 is 0 Å². The van der Waals surface area contributed by atoms with E-state index in [-0.39, 0.29) is 5.60 Å². The molecule has 2 fully saturated rings. The Kier molecular flexibility index (Phi) is 3.91. The van der Waals surface area contributed by atoms with Crippen molar-refractivity contribution in [1.29, 1.82) is 0 Å². The summed E-state index contributed by atoms with van der Waals surface area (Å²) in [5, 5.41) is 14.5. The normalized spacial score (nSPS) is 39.8. The molecule has 2 aliphatic rings. The maximum atomic E-state index is 10.9. The van der Waals surface area contributed by atoms with Crippen molar-refractivity contribution in [3.63, 3.8) is 0 Å². The summed E-state index contributed by atoms with van der Waals surface area (Å²) in [6.07, 6.45) is 8.51. The molecule has 94 valence electrons. The minimum absolute atomic E-state index is 0.356. The van der Waals surface area contributed by atoms with Crippen molar-refractivity contribution in [3.05, 3.63) is 0 Å². The van der Waals surface area contributed by atoms with Crippen LogP contribution in [0.2, 0.25) is 0 Å². The third-order valence-corrected chi connectivity index (χ3v) is 4.51. The van der Waals surface area contributed by atoms with Crippen molar-refractivity contribution in [3.8, 4) is 0 Å². The van der Waals surface area contributed by atoms with Gasteiger partial charge in [0.15, 0.2) is 0 Å². The number of fused-ring (bicyclic) bond motifs is 1. The lowest BCUT2D eigenvalue weighted by atomic mass is 9.65. The van der Waals surface area contributed by atoms with Gasteiger partial charge < -0.3 is 10.4 Å². The summed E-state index contributed by atoms with van der Waals surface area (Å²) >= 11 is 0. The van der Waals surface area contributed by atoms with E-state index >= 15 is 0 Å². The van der Waals surface area contributed by atoms with Gasteiger partial charge in [-0.3, -0.25) is 0 Å². The van der Waals surface area contributed by atoms with E-state index in [1.54, 1.807) is 0 Å². The van der Waals surface area contributed by atoms with Gasteiger partial charge in [-0.25, -0.2) is 0 Å². The standard InChI is InChI=1S/C14H27NO/c1-11(2)10-15-13-8-5-7-12-6-3-4-9-14(12,13)16/h11-13,15-16H,3-10H2,1-2H3/t12-,13?,14-/m1/s1. The van der Waals surface area contributed by atoms with Gasteiger partial charge in [-0.15, -0.1) is 0 Å². The van der Waals surface area contributed by atoms with Crippen LogP contribution in [0.1, 0.15) is 58.8 Å². The minimum Gasteiger partial charge on any atom is -0.388 e. The molecular weight excluding hydrogens is 198 g/mol. The van der Waals surface area contributed by atoms with Gasteiger partial charge in [-0.1, -0.05) is 33.1 Å². The summed E-state index contributed by atoms with van der Waals surface area (Å²) in [5.41, 5.74) is -0.384. The van der Waals surface area contributed by atoms with Crippen LogP contribution in [0.25, 0.3) is 0 Å². The van der Waals surface area contributed by atoms with Crippen LogP contribution in [0, 0.1) is 11.8 Å². The Morgan fingerprint density at radius 1 is 1.19 bits per heavy atom. The van der Waals surface area contributed by atoms with Crippen LogP contribution >= 0.6 is 0 Å². The molecule has 0 radical (unpaired) electrons. The van der Waals surface area contributed by atoms with Gasteiger partial charge in [0, 0.05) is 6.04 Å². The predicted octanol–water partition coefficient (Wildman–Crippen LogP) is 2.71. The lowest BCUT2D eigenvalue weighted by Gasteiger charge is -2.49. The molecule has 2 aliphatic carbocycles. The highest BCUT2D eigenvalue weighted by Crippen LogP contribution is 2.43. The van der Waals surface area contributed by atoms with E-state index in [0.29, 0.717) is 17.9 Å². The van der Waals surface area contributed by atoms with Crippen molar-refractivity contribution < 1.29 is 5.11 Å². The van der Waals surface area contributed by atoms with Crippen molar-refractivity contribution in [1.82, 2.24) is 5.32 Å². The Morgan fingerprint density at radius 3 is 2.69 bits per heavy atom. The second-order valence-corrected chi connectivity index (χ2v) is 6.22. The van der Waals surface area contributed by atoms with Crippen LogP contribution < -0.4 is 5.32 Å². The number of aliphatic hydroxyl groups is 1. The average Bonchev–Trinajstić information content (AvgIpc) is 2.25. The zero-order chi connectivity index (χ0) is 11.6. The Labute approximate surface area is 99.8 Å². The molecule has 0 aromatic heterocycles. The van der Waals surface area contributed by atoms with Crippen LogP contribution in [-0.2, 0) is 0 Å². The number of hydrogen-bond acceptors (Lipinski definition) is 2. The van der Waals surface area contributed by atoms with Gasteiger partial charge in [0.1, 0.15) is 0 Å². The summed E-state index contributed by atoms with van der Waals surface area (Å²) in [6, 6.07) is 0.356. The zero-order valence-electron chi connectivity index (χ0n) is 10.8. The van der Waals surface area contributed by atoms with Gasteiger partial charge in [-0.2, -0.15) is 0 Å². The molecule has 0 spiro atoms. The third kappa shape index (κ3) is 2.43. The highest BCUT2D eigenvalue weighted by atomic mass is 16.3. The first-order valence-corrected chi connectivity index (χ1v) is 7.08. The second kappa shape index (κ2) is 5.05. The van der Waals surface area contributed by atoms with Crippen LogP contribution in [-0.4, -0.2) is 23.3 Å². The first kappa shape index (κ1) is 12.4. The molecule has 2 rings (SSSR count). The Hall–Kier alpha value is -0.0800. The first-order valence-electron chi connectivity index (χ1n) is 7.08. The molecule has 0 aromatic carbocycles. The number of hydrogen-bond donors (Lipinski definition) is 2. The molecule has 0 aromatic rings. The quantitative estimate of drug-likeness (QED) is 0.774. The molecule has 0 bridgehead atoms. The van der Waals surface area contributed by atoms with E-state index in [9.17, 15) is 5.11 Å². The molecule has 0 saturated heterocycles. The largest absolute Gasteiger partial charge is 0.388 e. The third-order valence-electron chi connectivity index (χ3n) is 4.51. The molecule has 0 amide bonds. The summed E-state index contributed by atoms with van der Waals surface area (Å²) < 4.78 is 0. The SMILES string of the molecule is CC(C)CNC1CCC[C@H]2CCCC[C@]12O. The van der Waals surface area contributed by atoms with E-state index in [4.69, 9.17) is 0 Å². The number of nitrogens with one attached hydrogen (secondary N) is 1. The summed E-state index contributed by atoms with van der Waals surface area (Å²) in [4.78, 5) is 0. The molecule has 0 aliphatic heterocycles. The van der Waals surface area contributed by atoms with E-state index in [0.717, 1.165) is 13.0 Å². The summed E-state index contributed by atoms with van der Waals surface area (Å²) in [5.74, 6) is 1.24. The van der Waals surface area contributed by atoms with Crippen molar-refractivity contribution in [2.45, 2.75) is 70.4 Å². The van der Waals surface area contributed by atoms with Crippen LogP contribution in [0.4, 0.5) is 0 Å². The van der Waals surface area contributed by atoms with Gasteiger partial charge in [0.05, 0.1) is 5.60 Å². The maximum absolute atomic E-state index is 10.9. The topological polar surface area (TPSA) is 32.3 Å². The smallest absolute Gasteiger partial charge is 0.0827 e. The molecule has 2 nitrogen and oxygen atoms in total. The Bertz CT molecular complexity index is 227. The molecule has 0 heterocycles. The second-order valence-electron chi connectivity index (χ2n) is 6.22. The van der Waals surface area contributed by atoms with Gasteiger partial charge in [0.2, 0.25) is 0 Å². The van der Waals surface area contributed by atoms with Crippen molar-refractivity contribution in [2.24, 2.45) is 11.8 Å². The van der Waals surface area contributed by atoms with Gasteiger partial charge in [-0.05, 0) is 44.1 Å². The van der Waals surface area contributed by atoms with Crippen LogP contribution in [0.15, 0.2) is 0 Å². The Balaban J connectivity index is 1.99. The lowest BCUT2D eigenvalue weighted by molar-refractivity contribution is -0.0989. The van der Waals surface area contributed by atoms with E-state index in [2.05, 4.69) is 19.2 Å². The lowest BCUT2D eigenvalue weighted by Crippen LogP contribution is -2.59. The molecular formula is C14H27NO. The summed E-state index contributed by atoms with van der Waals surface area (Å²) in [6.45, 7) is 5.51. The summed E-state index contributed by atoms with van der Waals surface area (Å²) in [7, 11) is 0. The fourth-order valence-corrected chi connectivity index (χ4v) is 3.58. The minimum atomic E-state index is -0.384. The molecule has 3 atom stereocenters. The van der Waals surface area contributed by atoms with Crippen LogP contribution in [0.3, 0.4) is 0 Å². The van der Waals surface area contributed by atoms with E-state index in [1.165, 1.54) is 38.5 Å². The first-order chi connectivity index (χ1) is 7.63. The predicted molar refractivity (Wildman–Crippen MR) is 67.4 cm³/mol. The number of rotatable bonds is 3. The molecule has 1 unspecified atom stereocenters. The van der Waals surface area contributed by atoms with Gasteiger partial charge >= 0.3 is 0 Å². The van der Waals surface area contributed by atoms with Gasteiger partial charge in [0.25, 0.3) is 0 Å². The zero-order valence-corrected chi connectivity index (χ0v) is 10.8. The fourth-order valence-electron chi connectivity index (χ4n) is 3.58. The molecule has 2 saturated carbocycles. The maximum Gasteiger partial charge on any atom is 0.0827 e. The van der Waals surface area contributed by atoms with Crippen LogP contribution in [0.5, 0.6) is 0 Å². The Morgan fingerprint density at radius 2 is 1.94 bits per heavy atom. The fraction of sp³-hybridized carbons (Fsp3) is 1.00. The highest BCUT2D eigenvalue weighted by molar-refractivity contribution is 5.01. The average molecular weight is 225 g/mol. The molecule has 2 N–H and O–H groups in total. The van der Waals surface area contributed by atoms with E-state index in [1.807, 2.05) is 0 Å². The van der Waals surface area contributed by atoms with E-state index < -0.39 is 0 Å². The monoisotopic (exact) mass is 225 g/mol. The highest BCUT2D eigenvalue weighted by Gasteiger charge is 2.46.